The first-order valence-corrected chi connectivity index (χ1v) is 9.01. The van der Waals surface area contributed by atoms with Crippen LogP contribution in [0.1, 0.15) is 28.8 Å². The van der Waals surface area contributed by atoms with Gasteiger partial charge in [-0.25, -0.2) is 0 Å². The molecule has 0 unspecified atom stereocenters. The molecule has 1 N–H and O–H groups in total. The van der Waals surface area contributed by atoms with E-state index in [1.54, 1.807) is 55.5 Å². The van der Waals surface area contributed by atoms with Crippen LogP contribution in [0.25, 0.3) is 0 Å². The van der Waals surface area contributed by atoms with E-state index in [1.165, 1.54) is 0 Å². The fraction of sp³-hybridized carbons (Fsp3) is 0.200. The highest BCUT2D eigenvalue weighted by Crippen LogP contribution is 2.23. The maximum Gasteiger partial charge on any atom is 0.306 e. The Morgan fingerprint density at radius 2 is 1.85 bits per heavy atom. The van der Waals surface area contributed by atoms with E-state index in [2.05, 4.69) is 5.32 Å². The molecule has 0 fully saturated rings. The van der Waals surface area contributed by atoms with Gasteiger partial charge in [-0.1, -0.05) is 30.3 Å². The molecule has 0 saturated heterocycles. The Balaban J connectivity index is 1.76. The number of benzene rings is 2. The van der Waals surface area contributed by atoms with Crippen LogP contribution in [0.15, 0.2) is 53.4 Å². The maximum atomic E-state index is 11.9. The molecular formula is C20H18N2O4S. The molecule has 0 aliphatic heterocycles. The largest absolute Gasteiger partial charge is 0.456 e. The number of thiocyanates is 1. The number of hydrogen-bond acceptors (Lipinski definition) is 6. The molecule has 0 radical (unpaired) electrons. The zero-order chi connectivity index (χ0) is 19.6. The van der Waals surface area contributed by atoms with Crippen LogP contribution >= 0.6 is 11.8 Å². The number of nitriles is 1. The third-order valence-electron chi connectivity index (χ3n) is 3.65. The summed E-state index contributed by atoms with van der Waals surface area (Å²) in [6.45, 7) is 1.38. The highest BCUT2D eigenvalue weighted by molar-refractivity contribution is 8.03. The summed E-state index contributed by atoms with van der Waals surface area (Å²) in [6, 6.07) is 13.9. The molecular weight excluding hydrogens is 364 g/mol. The minimum absolute atomic E-state index is 0.0294. The van der Waals surface area contributed by atoms with E-state index in [1.807, 2.05) is 5.40 Å². The smallest absolute Gasteiger partial charge is 0.306 e. The van der Waals surface area contributed by atoms with Crippen molar-refractivity contribution >= 4 is 35.1 Å². The molecule has 7 heteroatoms. The molecule has 0 aliphatic carbocycles. The number of ether oxygens (including phenoxy) is 1. The molecule has 1 amide bonds. The van der Waals surface area contributed by atoms with Crippen LogP contribution in [0, 0.1) is 17.6 Å². The fourth-order valence-corrected chi connectivity index (χ4v) is 2.76. The first-order chi connectivity index (χ1) is 13.0. The van der Waals surface area contributed by atoms with Gasteiger partial charge < -0.3 is 10.1 Å². The SMILES string of the molecule is Cc1cc(SC#N)ccc1NC(=O)COC(=O)CCC(=O)c1ccccc1. The molecule has 0 bridgehead atoms. The number of carbonyl (C=O) groups excluding carboxylic acids is 3. The first kappa shape index (κ1) is 20.2. The van der Waals surface area contributed by atoms with Gasteiger partial charge in [-0.2, -0.15) is 5.26 Å². The van der Waals surface area contributed by atoms with E-state index in [4.69, 9.17) is 10.00 Å². The van der Waals surface area contributed by atoms with Crippen molar-refractivity contribution in [3.05, 3.63) is 59.7 Å². The number of anilines is 1. The Kier molecular flexibility index (Phi) is 7.59. The van der Waals surface area contributed by atoms with Crippen LogP contribution in [0.4, 0.5) is 5.69 Å². The van der Waals surface area contributed by atoms with Crippen molar-refractivity contribution in [2.45, 2.75) is 24.7 Å². The summed E-state index contributed by atoms with van der Waals surface area (Å²) in [6.07, 6.45) is -0.0539. The minimum atomic E-state index is -0.605. The van der Waals surface area contributed by atoms with E-state index in [9.17, 15) is 14.4 Å². The van der Waals surface area contributed by atoms with Gasteiger partial charge in [0.1, 0.15) is 5.40 Å². The molecule has 0 saturated carbocycles. The van der Waals surface area contributed by atoms with Crippen LogP contribution in [0.2, 0.25) is 0 Å². The molecule has 0 aromatic heterocycles. The van der Waals surface area contributed by atoms with Gasteiger partial charge in [0.05, 0.1) is 6.42 Å². The highest BCUT2D eigenvalue weighted by atomic mass is 32.2. The number of Topliss-reactive ketones (excluding diaryl/α,β-unsaturated/α-hetero) is 1. The van der Waals surface area contributed by atoms with E-state index in [-0.39, 0.29) is 18.6 Å². The molecule has 0 aliphatic rings. The van der Waals surface area contributed by atoms with E-state index in [0.717, 1.165) is 22.2 Å². The molecule has 2 aromatic carbocycles. The number of nitrogens with zero attached hydrogens (tertiary/aromatic N) is 1. The number of rotatable bonds is 8. The molecule has 0 heterocycles. The number of thioether (sulfide) groups is 1. The van der Waals surface area contributed by atoms with Crippen molar-refractivity contribution in [3.63, 3.8) is 0 Å². The maximum absolute atomic E-state index is 11.9. The van der Waals surface area contributed by atoms with Gasteiger partial charge in [0.2, 0.25) is 0 Å². The number of carbonyl (C=O) groups is 3. The second-order valence-electron chi connectivity index (χ2n) is 5.67. The van der Waals surface area contributed by atoms with Gasteiger partial charge in [-0.15, -0.1) is 0 Å². The topological polar surface area (TPSA) is 96.3 Å². The minimum Gasteiger partial charge on any atom is -0.456 e. The summed E-state index contributed by atoms with van der Waals surface area (Å²) in [5, 5.41) is 13.3. The number of hydrogen-bond donors (Lipinski definition) is 1. The third-order valence-corrected chi connectivity index (χ3v) is 4.23. The lowest BCUT2D eigenvalue weighted by Crippen LogP contribution is -2.21. The normalized spacial score (nSPS) is 9.93. The van der Waals surface area contributed by atoms with Crippen LogP contribution in [-0.4, -0.2) is 24.3 Å². The van der Waals surface area contributed by atoms with Gasteiger partial charge in [-0.05, 0) is 42.4 Å². The number of aryl methyl sites for hydroxylation is 1. The summed E-state index contributed by atoms with van der Waals surface area (Å²) >= 11 is 1.03. The molecule has 6 nitrogen and oxygen atoms in total. The van der Waals surface area contributed by atoms with Crippen LogP contribution < -0.4 is 5.32 Å². The van der Waals surface area contributed by atoms with Crippen molar-refractivity contribution in [1.29, 1.82) is 5.26 Å². The Labute approximate surface area is 161 Å². The predicted octanol–water partition coefficient (Wildman–Crippen LogP) is 3.71. The second kappa shape index (κ2) is 10.1. The summed E-state index contributed by atoms with van der Waals surface area (Å²) in [7, 11) is 0. The molecule has 0 spiro atoms. The van der Waals surface area contributed by atoms with Crippen LogP contribution in [0.3, 0.4) is 0 Å². The number of ketones is 1. The average molecular weight is 382 g/mol. The fourth-order valence-electron chi connectivity index (χ4n) is 2.28. The van der Waals surface area contributed by atoms with Crippen LogP contribution in [0.5, 0.6) is 0 Å². The molecule has 27 heavy (non-hydrogen) atoms. The van der Waals surface area contributed by atoms with Gasteiger partial charge >= 0.3 is 5.97 Å². The highest BCUT2D eigenvalue weighted by Gasteiger charge is 2.12. The summed E-state index contributed by atoms with van der Waals surface area (Å²) in [5.74, 6) is -1.23. The van der Waals surface area contributed by atoms with Gasteiger partial charge in [0.25, 0.3) is 5.91 Å². The summed E-state index contributed by atoms with van der Waals surface area (Å²) < 4.78 is 4.91. The van der Waals surface area contributed by atoms with E-state index < -0.39 is 18.5 Å². The standard InChI is InChI=1S/C20H18N2O4S/c1-14-11-16(27-13-21)7-8-17(14)22-19(24)12-26-20(25)10-9-18(23)15-5-3-2-4-6-15/h2-8,11H,9-10,12H2,1H3,(H,22,24). The van der Waals surface area contributed by atoms with E-state index in [0.29, 0.717) is 11.3 Å². The predicted molar refractivity (Wildman–Crippen MR) is 102 cm³/mol. The molecule has 138 valence electrons. The van der Waals surface area contributed by atoms with Gasteiger partial charge in [-0.3, -0.25) is 14.4 Å². The molecule has 0 atom stereocenters. The number of nitrogens with one attached hydrogen (secondary N) is 1. The lowest BCUT2D eigenvalue weighted by atomic mass is 10.1. The lowest BCUT2D eigenvalue weighted by molar-refractivity contribution is -0.147. The van der Waals surface area contributed by atoms with Crippen LogP contribution in [-0.2, 0) is 14.3 Å². The van der Waals surface area contributed by atoms with E-state index >= 15 is 0 Å². The van der Waals surface area contributed by atoms with Crippen molar-refractivity contribution in [2.75, 3.05) is 11.9 Å². The number of esters is 1. The van der Waals surface area contributed by atoms with Gasteiger partial charge in [0.15, 0.2) is 12.4 Å². The van der Waals surface area contributed by atoms with Crippen molar-refractivity contribution < 1.29 is 19.1 Å². The summed E-state index contributed by atoms with van der Waals surface area (Å²) in [5.41, 5.74) is 1.91. The third kappa shape index (κ3) is 6.60. The summed E-state index contributed by atoms with van der Waals surface area (Å²) in [4.78, 5) is 36.4. The Morgan fingerprint density at radius 3 is 2.52 bits per heavy atom. The Hall–Kier alpha value is -3.11. The zero-order valence-electron chi connectivity index (χ0n) is 14.7. The molecule has 2 rings (SSSR count). The van der Waals surface area contributed by atoms with Crippen molar-refractivity contribution in [1.82, 2.24) is 0 Å². The molecule has 2 aromatic rings. The first-order valence-electron chi connectivity index (χ1n) is 8.20. The Bertz CT molecular complexity index is 875. The van der Waals surface area contributed by atoms with Gasteiger partial charge in [0, 0.05) is 22.6 Å². The Morgan fingerprint density at radius 1 is 1.11 bits per heavy atom. The lowest BCUT2D eigenvalue weighted by Gasteiger charge is -2.09. The second-order valence-corrected chi connectivity index (χ2v) is 6.53. The monoisotopic (exact) mass is 382 g/mol. The average Bonchev–Trinajstić information content (AvgIpc) is 2.67. The number of amides is 1. The quantitative estimate of drug-likeness (QED) is 0.324. The zero-order valence-corrected chi connectivity index (χ0v) is 15.5. The van der Waals surface area contributed by atoms with Crippen molar-refractivity contribution in [2.24, 2.45) is 0 Å². The van der Waals surface area contributed by atoms with Crippen molar-refractivity contribution in [3.8, 4) is 5.40 Å².